The number of aliphatic hydroxyl groups is 6. The van der Waals surface area contributed by atoms with E-state index in [1.165, 1.54) is 0 Å². The molecule has 0 aliphatic heterocycles. The van der Waals surface area contributed by atoms with Crippen molar-refractivity contribution in [1.82, 2.24) is 0 Å². The Morgan fingerprint density at radius 3 is 1.00 bits per heavy atom. The van der Waals surface area contributed by atoms with E-state index in [0.29, 0.717) is 0 Å². The van der Waals surface area contributed by atoms with Gasteiger partial charge < -0.3 is 38.2 Å². The smallest absolute Gasteiger partial charge is 1.00 e. The molecule has 18 heavy (non-hydrogen) atoms. The molecule has 0 spiro atoms. The van der Waals surface area contributed by atoms with Gasteiger partial charge in [0.05, 0.1) is 63.7 Å². The van der Waals surface area contributed by atoms with Crippen LogP contribution in [0.4, 0.5) is 0 Å². The average Bonchev–Trinajstić information content (AvgIpc) is 2.41. The zero-order valence-electron chi connectivity index (χ0n) is 12.5. The number of ether oxygens (including phenoxy) is 1. The van der Waals surface area contributed by atoms with E-state index in [-0.39, 0.29) is 39.1 Å². The largest absolute Gasteiger partial charge is 2.00 e. The molecule has 0 aliphatic rings. The second kappa shape index (κ2) is 10.3. The predicted octanol–water partition coefficient (Wildman–Crippen LogP) is -3.23. The minimum atomic E-state index is -1.16. The molecule has 0 radical (unpaired) electrons. The Kier molecular flexibility index (Phi) is 11.9. The summed E-state index contributed by atoms with van der Waals surface area (Å²) in [5, 5.41) is 54.2. The van der Waals surface area contributed by atoms with Gasteiger partial charge in [0.2, 0.25) is 0 Å². The van der Waals surface area contributed by atoms with Gasteiger partial charge in [-0.1, -0.05) is 0 Å². The number of aliphatic hydroxyl groups excluding tert-OH is 6. The molecule has 0 aliphatic carbocycles. The number of hydrogen-bond donors (Lipinski definition) is 6. The minimum absolute atomic E-state index is 0. The van der Waals surface area contributed by atoms with Crippen molar-refractivity contribution >= 4 is 23.1 Å². The van der Waals surface area contributed by atoms with Gasteiger partial charge in [0.15, 0.2) is 0 Å². The molecule has 6 N–H and O–H groups in total. The summed E-state index contributed by atoms with van der Waals surface area (Å²) in [6, 6.07) is 0. The van der Waals surface area contributed by atoms with Crippen LogP contribution in [-0.4, -0.2) is 107 Å². The Morgan fingerprint density at radius 2 is 0.833 bits per heavy atom. The van der Waals surface area contributed by atoms with Gasteiger partial charge in [-0.15, -0.1) is 0 Å². The first kappa shape index (κ1) is 20.8. The third-order valence-corrected chi connectivity index (χ3v) is 2.83. The van der Waals surface area contributed by atoms with Crippen LogP contribution >= 0.6 is 0 Å². The molecule has 108 valence electrons. The number of rotatable bonds is 10. The van der Waals surface area contributed by atoms with Crippen LogP contribution in [0.2, 0.25) is 0 Å². The average molecular weight is 281 g/mol. The maximum absolute atomic E-state index is 9.03. The van der Waals surface area contributed by atoms with Crippen molar-refractivity contribution in [2.75, 3.05) is 52.9 Å². The fourth-order valence-electron chi connectivity index (χ4n) is 1.06. The fourth-order valence-corrected chi connectivity index (χ4v) is 1.06. The van der Waals surface area contributed by atoms with Gasteiger partial charge in [-0.25, -0.2) is 0 Å². The summed E-state index contributed by atoms with van der Waals surface area (Å²) in [6.45, 7) is -3.01. The molecule has 0 rings (SSSR count). The molecule has 0 unspecified atom stereocenters. The standard InChI is InChI=1S/C10H22O7.Mg.2H/c11-1-9(2-12,3-13)7-17-8-10(4-14,5-15)6-16;;;/h11-16H,1-8H2;;;/q;+2;2*-1. The minimum Gasteiger partial charge on any atom is -1.00 e. The molecular weight excluding hydrogens is 256 g/mol. The van der Waals surface area contributed by atoms with Crippen molar-refractivity contribution in [3.05, 3.63) is 0 Å². The van der Waals surface area contributed by atoms with E-state index >= 15 is 0 Å². The van der Waals surface area contributed by atoms with E-state index in [0.717, 1.165) is 0 Å². The van der Waals surface area contributed by atoms with Gasteiger partial charge in [-0.3, -0.25) is 0 Å². The number of hydrogen-bond acceptors (Lipinski definition) is 7. The predicted molar refractivity (Wildman–Crippen MR) is 66.2 cm³/mol. The van der Waals surface area contributed by atoms with Crippen molar-refractivity contribution in [3.63, 3.8) is 0 Å². The molecule has 8 heteroatoms. The summed E-state index contributed by atoms with van der Waals surface area (Å²) < 4.78 is 5.15. The van der Waals surface area contributed by atoms with E-state index in [2.05, 4.69) is 0 Å². The van der Waals surface area contributed by atoms with Crippen molar-refractivity contribution in [2.24, 2.45) is 10.8 Å². The second-order valence-corrected chi connectivity index (χ2v) is 4.44. The van der Waals surface area contributed by atoms with E-state index < -0.39 is 50.5 Å². The van der Waals surface area contributed by atoms with Gasteiger partial charge in [0, 0.05) is 0 Å². The van der Waals surface area contributed by atoms with Crippen LogP contribution in [0.1, 0.15) is 2.85 Å². The third kappa shape index (κ3) is 5.64. The molecule has 0 heterocycles. The Morgan fingerprint density at radius 1 is 0.611 bits per heavy atom. The molecule has 7 nitrogen and oxygen atoms in total. The molecule has 0 aromatic heterocycles. The van der Waals surface area contributed by atoms with E-state index in [9.17, 15) is 0 Å². The summed E-state index contributed by atoms with van der Waals surface area (Å²) in [5.74, 6) is 0. The van der Waals surface area contributed by atoms with Crippen molar-refractivity contribution in [2.45, 2.75) is 0 Å². The molecule has 0 aromatic rings. The van der Waals surface area contributed by atoms with Gasteiger partial charge in [-0.2, -0.15) is 0 Å². The Hall–Kier alpha value is 0.486. The molecule has 0 saturated heterocycles. The summed E-state index contributed by atoms with van der Waals surface area (Å²) in [4.78, 5) is 0. The van der Waals surface area contributed by atoms with Gasteiger partial charge in [-0.05, 0) is 0 Å². The second-order valence-electron chi connectivity index (χ2n) is 4.44. The molecule has 0 aromatic carbocycles. The van der Waals surface area contributed by atoms with Crippen LogP contribution in [0.25, 0.3) is 0 Å². The van der Waals surface area contributed by atoms with Gasteiger partial charge in [0.1, 0.15) is 0 Å². The first-order valence-electron chi connectivity index (χ1n) is 5.30. The zero-order valence-corrected chi connectivity index (χ0v) is 11.9. The molecule has 0 fully saturated rings. The first-order valence-corrected chi connectivity index (χ1v) is 5.30. The first-order chi connectivity index (χ1) is 8.07. The van der Waals surface area contributed by atoms with Crippen LogP contribution in [-0.2, 0) is 4.74 Å². The van der Waals surface area contributed by atoms with Crippen LogP contribution in [0.15, 0.2) is 0 Å². The van der Waals surface area contributed by atoms with E-state index in [4.69, 9.17) is 35.4 Å². The Bertz CT molecular complexity index is 168. The van der Waals surface area contributed by atoms with E-state index in [1.807, 2.05) is 0 Å². The van der Waals surface area contributed by atoms with Crippen molar-refractivity contribution < 1.29 is 38.2 Å². The maximum atomic E-state index is 9.03. The van der Waals surface area contributed by atoms with Crippen molar-refractivity contribution in [1.29, 1.82) is 0 Å². The van der Waals surface area contributed by atoms with Crippen LogP contribution in [0.3, 0.4) is 0 Å². The molecule has 0 bridgehead atoms. The summed E-state index contributed by atoms with van der Waals surface area (Å²) in [5.41, 5.74) is -2.32. The molecule has 0 atom stereocenters. The quantitative estimate of drug-likeness (QED) is 0.232. The summed E-state index contributed by atoms with van der Waals surface area (Å²) in [6.07, 6.45) is 0. The molecule has 0 saturated carbocycles. The van der Waals surface area contributed by atoms with Crippen LogP contribution < -0.4 is 0 Å². The summed E-state index contributed by atoms with van der Waals surface area (Å²) in [7, 11) is 0. The Labute approximate surface area is 125 Å². The monoisotopic (exact) mass is 280 g/mol. The normalized spacial score (nSPS) is 12.3. The van der Waals surface area contributed by atoms with Crippen molar-refractivity contribution in [3.8, 4) is 0 Å². The van der Waals surface area contributed by atoms with Gasteiger partial charge in [0.25, 0.3) is 0 Å². The van der Waals surface area contributed by atoms with Crippen LogP contribution in [0, 0.1) is 10.8 Å². The summed E-state index contributed by atoms with van der Waals surface area (Å²) >= 11 is 0. The zero-order chi connectivity index (χ0) is 13.4. The molecule has 0 amide bonds. The maximum Gasteiger partial charge on any atom is 2.00 e. The topological polar surface area (TPSA) is 131 Å². The third-order valence-electron chi connectivity index (χ3n) is 2.83. The van der Waals surface area contributed by atoms with Crippen LogP contribution in [0.5, 0.6) is 0 Å². The fraction of sp³-hybridized carbons (Fsp3) is 1.00. The molecular formula is C10H24MgO7. The van der Waals surface area contributed by atoms with E-state index in [1.54, 1.807) is 0 Å². The van der Waals surface area contributed by atoms with Gasteiger partial charge >= 0.3 is 23.1 Å². The Balaban J connectivity index is -0.000000427. The SMILES string of the molecule is OCC(CO)(CO)COCC(CO)(CO)CO.[H-].[H-].[Mg+2].